The molecule has 0 spiro atoms. The number of nitrogens with one attached hydrogen (secondary N) is 3. The maximum atomic E-state index is 11.0. The van der Waals surface area contributed by atoms with E-state index in [2.05, 4.69) is 30.6 Å². The molecule has 1 unspecified atom stereocenters. The first-order valence-electron chi connectivity index (χ1n) is 5.06. The van der Waals surface area contributed by atoms with E-state index in [1.807, 2.05) is 0 Å². The van der Waals surface area contributed by atoms with Crippen LogP contribution >= 0.6 is 0 Å². The number of amides is 1. The first-order valence-corrected chi connectivity index (χ1v) is 5.06. The van der Waals surface area contributed by atoms with Crippen LogP contribution in [0.1, 0.15) is 6.92 Å². The monoisotopic (exact) mass is 235 g/mol. The molecule has 0 aliphatic carbocycles. The highest BCUT2D eigenvalue weighted by atomic mass is 16.1. The van der Waals surface area contributed by atoms with Crippen LogP contribution in [0.4, 0.5) is 11.8 Å². The molecule has 1 atom stereocenters. The van der Waals surface area contributed by atoms with E-state index < -0.39 is 11.9 Å². The van der Waals surface area contributed by atoms with Gasteiger partial charge in [-0.3, -0.25) is 4.79 Å². The average molecular weight is 235 g/mol. The number of imidazole rings is 1. The van der Waals surface area contributed by atoms with Gasteiger partial charge in [-0.2, -0.15) is 9.97 Å². The van der Waals surface area contributed by atoms with E-state index in [9.17, 15) is 4.79 Å². The zero-order valence-electron chi connectivity index (χ0n) is 9.48. The molecule has 0 bridgehead atoms. The fourth-order valence-electron chi connectivity index (χ4n) is 1.33. The van der Waals surface area contributed by atoms with Gasteiger partial charge in [-0.05, 0) is 6.92 Å². The molecule has 2 rings (SSSR count). The van der Waals surface area contributed by atoms with E-state index in [0.717, 1.165) is 0 Å². The largest absolute Gasteiger partial charge is 0.368 e. The van der Waals surface area contributed by atoms with Crippen LogP contribution < -0.4 is 16.4 Å². The average Bonchev–Trinajstić information content (AvgIpc) is 2.76. The van der Waals surface area contributed by atoms with Crippen LogP contribution in [0.25, 0.3) is 11.2 Å². The van der Waals surface area contributed by atoms with Crippen molar-refractivity contribution in [3.63, 3.8) is 0 Å². The molecule has 0 aliphatic heterocycles. The number of fused-ring (bicyclic) bond motifs is 1. The van der Waals surface area contributed by atoms with Crippen molar-refractivity contribution in [2.45, 2.75) is 13.0 Å². The molecule has 2 aromatic heterocycles. The van der Waals surface area contributed by atoms with E-state index >= 15 is 0 Å². The summed E-state index contributed by atoms with van der Waals surface area (Å²) in [6.07, 6.45) is 1.51. The SMILES string of the molecule is CNc1nc(NC(C)C(N)=O)c2[nH]cnc2n1. The number of aromatic nitrogens is 4. The number of nitrogens with zero attached hydrogens (tertiary/aromatic N) is 3. The fraction of sp³-hybridized carbons (Fsp3) is 0.333. The Bertz CT molecular complexity index is 549. The van der Waals surface area contributed by atoms with Crippen LogP contribution in [0.15, 0.2) is 6.33 Å². The highest BCUT2D eigenvalue weighted by Gasteiger charge is 2.14. The maximum Gasteiger partial charge on any atom is 0.239 e. The predicted octanol–water partition coefficient (Wildman–Crippen LogP) is -0.320. The van der Waals surface area contributed by atoms with Crippen molar-refractivity contribution < 1.29 is 4.79 Å². The molecular weight excluding hydrogens is 222 g/mol. The lowest BCUT2D eigenvalue weighted by Crippen LogP contribution is -2.32. The van der Waals surface area contributed by atoms with Crippen LogP contribution in [-0.2, 0) is 4.79 Å². The summed E-state index contributed by atoms with van der Waals surface area (Å²) in [5, 5.41) is 5.73. The Morgan fingerprint density at radius 2 is 2.29 bits per heavy atom. The summed E-state index contributed by atoms with van der Waals surface area (Å²) < 4.78 is 0. The molecule has 5 N–H and O–H groups in total. The quantitative estimate of drug-likeness (QED) is 0.576. The molecule has 17 heavy (non-hydrogen) atoms. The minimum Gasteiger partial charge on any atom is -0.368 e. The Morgan fingerprint density at radius 3 is 2.94 bits per heavy atom. The predicted molar refractivity (Wildman–Crippen MR) is 63.5 cm³/mol. The molecular formula is C9H13N7O. The van der Waals surface area contributed by atoms with Crippen LogP contribution in [0.2, 0.25) is 0 Å². The third kappa shape index (κ3) is 2.10. The number of rotatable bonds is 4. The number of anilines is 2. The number of carbonyl (C=O) groups excluding carboxylic acids is 1. The molecule has 0 radical (unpaired) electrons. The van der Waals surface area contributed by atoms with Crippen molar-refractivity contribution >= 4 is 28.8 Å². The molecule has 0 saturated heterocycles. The summed E-state index contributed by atoms with van der Waals surface area (Å²) in [5.74, 6) is 0.453. The van der Waals surface area contributed by atoms with Crippen molar-refractivity contribution in [3.05, 3.63) is 6.33 Å². The van der Waals surface area contributed by atoms with Gasteiger partial charge in [-0.15, -0.1) is 0 Å². The van der Waals surface area contributed by atoms with Crippen molar-refractivity contribution in [1.82, 2.24) is 19.9 Å². The van der Waals surface area contributed by atoms with Crippen LogP contribution in [-0.4, -0.2) is 38.9 Å². The second-order valence-electron chi connectivity index (χ2n) is 3.52. The van der Waals surface area contributed by atoms with Gasteiger partial charge in [0, 0.05) is 7.05 Å². The van der Waals surface area contributed by atoms with Gasteiger partial charge >= 0.3 is 0 Å². The lowest BCUT2D eigenvalue weighted by Gasteiger charge is -2.11. The summed E-state index contributed by atoms with van der Waals surface area (Å²) in [4.78, 5) is 26.3. The van der Waals surface area contributed by atoms with Gasteiger partial charge in [0.05, 0.1) is 6.33 Å². The molecule has 90 valence electrons. The Hall–Kier alpha value is -2.38. The number of primary amides is 1. The van der Waals surface area contributed by atoms with E-state index in [1.54, 1.807) is 14.0 Å². The van der Waals surface area contributed by atoms with Gasteiger partial charge < -0.3 is 21.4 Å². The van der Waals surface area contributed by atoms with Crippen molar-refractivity contribution in [2.24, 2.45) is 5.73 Å². The Kier molecular flexibility index (Phi) is 2.77. The number of hydrogen-bond acceptors (Lipinski definition) is 6. The van der Waals surface area contributed by atoms with Crippen LogP contribution in [0.3, 0.4) is 0 Å². The Labute approximate surface area is 97.0 Å². The molecule has 2 aromatic rings. The summed E-state index contributed by atoms with van der Waals surface area (Å²) in [6, 6.07) is -0.527. The number of hydrogen-bond donors (Lipinski definition) is 4. The van der Waals surface area contributed by atoms with Crippen molar-refractivity contribution in [1.29, 1.82) is 0 Å². The topological polar surface area (TPSA) is 122 Å². The highest BCUT2D eigenvalue weighted by Crippen LogP contribution is 2.18. The Balaban J connectivity index is 2.43. The smallest absolute Gasteiger partial charge is 0.239 e. The number of carbonyl (C=O) groups is 1. The summed E-state index contributed by atoms with van der Waals surface area (Å²) >= 11 is 0. The van der Waals surface area contributed by atoms with Crippen molar-refractivity contribution in [2.75, 3.05) is 17.7 Å². The molecule has 0 fully saturated rings. The van der Waals surface area contributed by atoms with E-state index in [4.69, 9.17) is 5.73 Å². The van der Waals surface area contributed by atoms with Gasteiger partial charge in [0.2, 0.25) is 11.9 Å². The third-order valence-corrected chi connectivity index (χ3v) is 2.29. The fourth-order valence-corrected chi connectivity index (χ4v) is 1.33. The maximum absolute atomic E-state index is 11.0. The zero-order valence-corrected chi connectivity index (χ0v) is 9.48. The molecule has 0 aliphatic rings. The van der Waals surface area contributed by atoms with Gasteiger partial charge in [0.1, 0.15) is 11.6 Å². The molecule has 8 heteroatoms. The molecule has 2 heterocycles. The lowest BCUT2D eigenvalue weighted by molar-refractivity contribution is -0.118. The highest BCUT2D eigenvalue weighted by molar-refractivity contribution is 5.88. The van der Waals surface area contributed by atoms with E-state index in [0.29, 0.717) is 22.9 Å². The second kappa shape index (κ2) is 4.24. The Morgan fingerprint density at radius 1 is 1.53 bits per heavy atom. The first-order chi connectivity index (χ1) is 8.11. The van der Waals surface area contributed by atoms with Gasteiger partial charge in [0.15, 0.2) is 11.5 Å². The second-order valence-corrected chi connectivity index (χ2v) is 3.52. The van der Waals surface area contributed by atoms with Gasteiger partial charge in [0.25, 0.3) is 0 Å². The third-order valence-electron chi connectivity index (χ3n) is 2.29. The van der Waals surface area contributed by atoms with Gasteiger partial charge in [-0.25, -0.2) is 4.98 Å². The number of nitrogens with two attached hydrogens (primary N) is 1. The summed E-state index contributed by atoms with van der Waals surface area (Å²) in [7, 11) is 1.70. The zero-order chi connectivity index (χ0) is 12.4. The number of aromatic amines is 1. The van der Waals surface area contributed by atoms with Crippen LogP contribution in [0.5, 0.6) is 0 Å². The first kappa shape index (κ1) is 11.1. The molecule has 0 saturated carbocycles. The summed E-state index contributed by atoms with van der Waals surface area (Å²) in [6.45, 7) is 1.66. The minimum absolute atomic E-state index is 0.420. The summed E-state index contributed by atoms with van der Waals surface area (Å²) in [5.41, 5.74) is 6.34. The standard InChI is InChI=1S/C9H13N7O/c1-4(6(10)17)14-8-5-7(13-3-12-5)15-9(11-2)16-8/h3-4H,1-2H3,(H2,10,17)(H3,11,12,13,14,15,16). The van der Waals surface area contributed by atoms with Crippen molar-refractivity contribution in [3.8, 4) is 0 Å². The van der Waals surface area contributed by atoms with Gasteiger partial charge in [-0.1, -0.05) is 0 Å². The van der Waals surface area contributed by atoms with E-state index in [1.165, 1.54) is 6.33 Å². The normalized spacial score (nSPS) is 12.4. The lowest BCUT2D eigenvalue weighted by atomic mass is 10.3. The minimum atomic E-state index is -0.527. The van der Waals surface area contributed by atoms with E-state index in [-0.39, 0.29) is 0 Å². The number of H-pyrrole nitrogens is 1. The molecule has 8 nitrogen and oxygen atoms in total. The molecule has 0 aromatic carbocycles. The molecule has 1 amide bonds. The van der Waals surface area contributed by atoms with Crippen LogP contribution in [0, 0.1) is 0 Å².